The molecule has 0 spiro atoms. The summed E-state index contributed by atoms with van der Waals surface area (Å²) in [5.41, 5.74) is -0.204. The van der Waals surface area contributed by atoms with Crippen molar-refractivity contribution in [1.29, 1.82) is 0 Å². The molecular formula is C13H13FO2. The van der Waals surface area contributed by atoms with Crippen LogP contribution in [0.15, 0.2) is 47.1 Å². The van der Waals surface area contributed by atoms with Crippen molar-refractivity contribution in [2.45, 2.75) is 18.9 Å². The summed E-state index contributed by atoms with van der Waals surface area (Å²) in [5.74, 6) is 0.234. The van der Waals surface area contributed by atoms with Gasteiger partial charge < -0.3 is 9.52 Å². The molecule has 0 bridgehead atoms. The Hall–Kier alpha value is -1.61. The van der Waals surface area contributed by atoms with E-state index in [0.29, 0.717) is 12.2 Å². The maximum absolute atomic E-state index is 12.7. The predicted octanol–water partition coefficient (Wildman–Crippen LogP) is 2.87. The third-order valence-corrected chi connectivity index (χ3v) is 2.51. The first-order valence-corrected chi connectivity index (χ1v) is 5.09. The van der Waals surface area contributed by atoms with Crippen LogP contribution in [0, 0.1) is 5.82 Å². The Morgan fingerprint density at radius 2 is 1.94 bits per heavy atom. The van der Waals surface area contributed by atoms with Gasteiger partial charge in [0.1, 0.15) is 17.2 Å². The molecule has 2 rings (SSSR count). The second-order valence-corrected chi connectivity index (χ2v) is 4.05. The molecule has 2 aromatic rings. The first kappa shape index (κ1) is 10.9. The van der Waals surface area contributed by atoms with Gasteiger partial charge in [-0.2, -0.15) is 0 Å². The molecular weight excluding hydrogens is 207 g/mol. The zero-order chi connectivity index (χ0) is 11.6. The molecule has 2 nitrogen and oxygen atoms in total. The summed E-state index contributed by atoms with van der Waals surface area (Å²) < 4.78 is 17.9. The number of furan rings is 1. The van der Waals surface area contributed by atoms with Crippen molar-refractivity contribution in [1.82, 2.24) is 0 Å². The Labute approximate surface area is 93.3 Å². The van der Waals surface area contributed by atoms with E-state index in [-0.39, 0.29) is 5.82 Å². The molecule has 0 aliphatic heterocycles. The van der Waals surface area contributed by atoms with Crippen molar-refractivity contribution in [2.75, 3.05) is 0 Å². The van der Waals surface area contributed by atoms with E-state index in [4.69, 9.17) is 4.42 Å². The minimum absolute atomic E-state index is 0.276. The average molecular weight is 220 g/mol. The number of hydrogen-bond acceptors (Lipinski definition) is 2. The number of aliphatic hydroxyl groups is 1. The molecule has 0 fully saturated rings. The van der Waals surface area contributed by atoms with E-state index in [1.165, 1.54) is 18.4 Å². The van der Waals surface area contributed by atoms with Gasteiger partial charge in [-0.05, 0) is 36.8 Å². The summed E-state index contributed by atoms with van der Waals surface area (Å²) >= 11 is 0. The highest BCUT2D eigenvalue weighted by molar-refractivity contribution is 5.20. The van der Waals surface area contributed by atoms with Crippen LogP contribution in [0.3, 0.4) is 0 Å². The lowest BCUT2D eigenvalue weighted by molar-refractivity contribution is 0.0344. The van der Waals surface area contributed by atoms with Crippen molar-refractivity contribution in [3.05, 3.63) is 59.8 Å². The van der Waals surface area contributed by atoms with Gasteiger partial charge in [-0.15, -0.1) is 0 Å². The first-order valence-electron chi connectivity index (χ1n) is 5.09. The van der Waals surface area contributed by atoms with Crippen LogP contribution in [0.1, 0.15) is 18.2 Å². The van der Waals surface area contributed by atoms with Crippen molar-refractivity contribution in [3.8, 4) is 0 Å². The monoisotopic (exact) mass is 220 g/mol. The fourth-order valence-corrected chi connectivity index (χ4v) is 1.67. The predicted molar refractivity (Wildman–Crippen MR) is 58.4 cm³/mol. The Morgan fingerprint density at radius 3 is 2.50 bits per heavy atom. The van der Waals surface area contributed by atoms with Crippen molar-refractivity contribution in [2.24, 2.45) is 0 Å². The molecule has 0 saturated carbocycles. The standard InChI is InChI=1S/C13H13FO2/c1-13(15,12-3-2-8-16-12)9-10-4-6-11(14)7-5-10/h2-8,15H,9H2,1H3. The third kappa shape index (κ3) is 2.31. The lowest BCUT2D eigenvalue weighted by Gasteiger charge is -2.20. The van der Waals surface area contributed by atoms with E-state index in [1.807, 2.05) is 0 Å². The summed E-state index contributed by atoms with van der Waals surface area (Å²) in [7, 11) is 0. The Morgan fingerprint density at radius 1 is 1.25 bits per heavy atom. The van der Waals surface area contributed by atoms with Gasteiger partial charge in [0.05, 0.1) is 6.26 Å². The number of halogens is 1. The minimum atomic E-state index is -1.07. The Bertz CT molecular complexity index is 443. The molecule has 1 aromatic heterocycles. The Balaban J connectivity index is 2.18. The largest absolute Gasteiger partial charge is 0.466 e. The van der Waals surface area contributed by atoms with Crippen molar-refractivity contribution in [3.63, 3.8) is 0 Å². The summed E-state index contributed by atoms with van der Waals surface area (Å²) in [6.07, 6.45) is 1.91. The van der Waals surface area contributed by atoms with Gasteiger partial charge in [-0.3, -0.25) is 0 Å². The van der Waals surface area contributed by atoms with E-state index < -0.39 is 5.60 Å². The van der Waals surface area contributed by atoms with Crippen molar-refractivity contribution >= 4 is 0 Å². The summed E-state index contributed by atoms with van der Waals surface area (Å²) in [6.45, 7) is 1.68. The molecule has 3 heteroatoms. The third-order valence-electron chi connectivity index (χ3n) is 2.51. The number of rotatable bonds is 3. The molecule has 0 saturated heterocycles. The van der Waals surface area contributed by atoms with Crippen LogP contribution in [0.2, 0.25) is 0 Å². The second kappa shape index (κ2) is 4.10. The highest BCUT2D eigenvalue weighted by atomic mass is 19.1. The SMILES string of the molecule is CC(O)(Cc1ccc(F)cc1)c1ccco1. The highest BCUT2D eigenvalue weighted by Crippen LogP contribution is 2.25. The lowest BCUT2D eigenvalue weighted by atomic mass is 9.94. The second-order valence-electron chi connectivity index (χ2n) is 4.05. The van der Waals surface area contributed by atoms with Gasteiger partial charge in [-0.1, -0.05) is 12.1 Å². The summed E-state index contributed by atoms with van der Waals surface area (Å²) in [6, 6.07) is 9.54. The molecule has 1 atom stereocenters. The van der Waals surface area contributed by atoms with Crippen molar-refractivity contribution < 1.29 is 13.9 Å². The highest BCUT2D eigenvalue weighted by Gasteiger charge is 2.26. The molecule has 0 aliphatic rings. The van der Waals surface area contributed by atoms with Gasteiger partial charge in [-0.25, -0.2) is 4.39 Å². The fourth-order valence-electron chi connectivity index (χ4n) is 1.67. The normalized spacial score (nSPS) is 14.7. The van der Waals surface area contributed by atoms with Crippen LogP contribution in [-0.4, -0.2) is 5.11 Å². The summed E-state index contributed by atoms with van der Waals surface area (Å²) in [4.78, 5) is 0. The van der Waals surface area contributed by atoms with Gasteiger partial charge in [0.25, 0.3) is 0 Å². The van der Waals surface area contributed by atoms with E-state index >= 15 is 0 Å². The quantitative estimate of drug-likeness (QED) is 0.862. The van der Waals surface area contributed by atoms with E-state index in [2.05, 4.69) is 0 Å². The Kier molecular flexibility index (Phi) is 2.79. The van der Waals surface area contributed by atoms with Crippen LogP contribution in [0.5, 0.6) is 0 Å². The molecule has 0 aliphatic carbocycles. The lowest BCUT2D eigenvalue weighted by Crippen LogP contribution is -2.23. The molecule has 0 amide bonds. The van der Waals surface area contributed by atoms with Crippen LogP contribution in [-0.2, 0) is 12.0 Å². The minimum Gasteiger partial charge on any atom is -0.466 e. The average Bonchev–Trinajstić information content (AvgIpc) is 2.75. The fraction of sp³-hybridized carbons (Fsp3) is 0.231. The van der Waals surface area contributed by atoms with Gasteiger partial charge >= 0.3 is 0 Å². The number of hydrogen-bond donors (Lipinski definition) is 1. The van der Waals surface area contributed by atoms with Crippen LogP contribution in [0.25, 0.3) is 0 Å². The van der Waals surface area contributed by atoms with Gasteiger partial charge in [0.15, 0.2) is 0 Å². The zero-order valence-electron chi connectivity index (χ0n) is 8.98. The van der Waals surface area contributed by atoms with Crippen LogP contribution < -0.4 is 0 Å². The molecule has 1 N–H and O–H groups in total. The number of benzene rings is 1. The molecule has 1 heterocycles. The molecule has 0 radical (unpaired) electrons. The van der Waals surface area contributed by atoms with Crippen LogP contribution in [0.4, 0.5) is 4.39 Å². The maximum atomic E-state index is 12.7. The molecule has 16 heavy (non-hydrogen) atoms. The summed E-state index contributed by atoms with van der Waals surface area (Å²) in [5, 5.41) is 10.2. The van der Waals surface area contributed by atoms with E-state index in [9.17, 15) is 9.50 Å². The van der Waals surface area contributed by atoms with Gasteiger partial charge in [0, 0.05) is 6.42 Å². The van der Waals surface area contributed by atoms with E-state index in [1.54, 1.807) is 31.2 Å². The topological polar surface area (TPSA) is 33.4 Å². The zero-order valence-corrected chi connectivity index (χ0v) is 8.98. The smallest absolute Gasteiger partial charge is 0.135 e. The van der Waals surface area contributed by atoms with Gasteiger partial charge in [0.2, 0.25) is 0 Å². The molecule has 1 unspecified atom stereocenters. The van der Waals surface area contributed by atoms with E-state index in [0.717, 1.165) is 5.56 Å². The maximum Gasteiger partial charge on any atom is 0.135 e. The first-order chi connectivity index (χ1) is 7.58. The molecule has 1 aromatic carbocycles. The van der Waals surface area contributed by atoms with Crippen LogP contribution >= 0.6 is 0 Å². The molecule has 84 valence electrons.